The normalized spacial score (nSPS) is 14.9. The molecule has 8 heteroatoms. The zero-order valence-electron chi connectivity index (χ0n) is 16.3. The summed E-state index contributed by atoms with van der Waals surface area (Å²) in [7, 11) is 0. The van der Waals surface area contributed by atoms with Crippen molar-refractivity contribution in [3.05, 3.63) is 47.7 Å². The van der Waals surface area contributed by atoms with Gasteiger partial charge in [0.05, 0.1) is 23.7 Å². The van der Waals surface area contributed by atoms with Gasteiger partial charge in [-0.2, -0.15) is 5.10 Å². The summed E-state index contributed by atoms with van der Waals surface area (Å²) >= 11 is 0. The number of aromatic nitrogens is 3. The molecule has 0 aromatic carbocycles. The Morgan fingerprint density at radius 3 is 2.39 bits per heavy atom. The van der Waals surface area contributed by atoms with Crippen LogP contribution in [0.4, 0.5) is 0 Å². The molecule has 1 fully saturated rings. The Balaban J connectivity index is 1.49. The van der Waals surface area contributed by atoms with E-state index in [9.17, 15) is 9.59 Å². The minimum Gasteiger partial charge on any atom is -0.459 e. The smallest absolute Gasteiger partial charge is 0.289 e. The third-order valence-corrected chi connectivity index (χ3v) is 5.07. The number of piperazine rings is 1. The third kappa shape index (κ3) is 3.15. The molecule has 1 saturated heterocycles. The Hall–Kier alpha value is -3.16. The summed E-state index contributed by atoms with van der Waals surface area (Å²) in [5, 5.41) is 5.23. The lowest BCUT2D eigenvalue weighted by Crippen LogP contribution is -2.50. The first-order valence-corrected chi connectivity index (χ1v) is 9.42. The number of rotatable bonds is 3. The minimum absolute atomic E-state index is 0.0608. The van der Waals surface area contributed by atoms with Crippen LogP contribution in [0, 0.1) is 6.92 Å². The lowest BCUT2D eigenvalue weighted by molar-refractivity contribution is 0.0517. The van der Waals surface area contributed by atoms with Gasteiger partial charge in [0.2, 0.25) is 0 Å². The number of hydrogen-bond acceptors (Lipinski definition) is 5. The van der Waals surface area contributed by atoms with E-state index in [1.54, 1.807) is 28.1 Å². The summed E-state index contributed by atoms with van der Waals surface area (Å²) in [6, 6.07) is 5.42. The zero-order chi connectivity index (χ0) is 19.8. The van der Waals surface area contributed by atoms with Crippen molar-refractivity contribution in [3.8, 4) is 0 Å². The number of nitrogens with zero attached hydrogens (tertiary/aromatic N) is 5. The van der Waals surface area contributed by atoms with Gasteiger partial charge in [0, 0.05) is 37.6 Å². The average Bonchev–Trinajstić information content (AvgIpc) is 3.36. The van der Waals surface area contributed by atoms with Gasteiger partial charge >= 0.3 is 0 Å². The molecule has 0 aliphatic carbocycles. The van der Waals surface area contributed by atoms with Gasteiger partial charge in [0.15, 0.2) is 11.4 Å². The molecule has 0 N–H and O–H groups in total. The van der Waals surface area contributed by atoms with Gasteiger partial charge in [-0.25, -0.2) is 9.67 Å². The fraction of sp³-hybridized carbons (Fsp3) is 0.400. The summed E-state index contributed by atoms with van der Waals surface area (Å²) < 4.78 is 7.04. The van der Waals surface area contributed by atoms with Crippen molar-refractivity contribution in [3.63, 3.8) is 0 Å². The van der Waals surface area contributed by atoms with E-state index in [-0.39, 0.29) is 17.9 Å². The third-order valence-electron chi connectivity index (χ3n) is 5.07. The lowest BCUT2D eigenvalue weighted by Gasteiger charge is -2.34. The zero-order valence-corrected chi connectivity index (χ0v) is 16.3. The van der Waals surface area contributed by atoms with Crippen molar-refractivity contribution in [1.29, 1.82) is 0 Å². The fourth-order valence-corrected chi connectivity index (χ4v) is 3.50. The van der Waals surface area contributed by atoms with Crippen LogP contribution in [0.3, 0.4) is 0 Å². The van der Waals surface area contributed by atoms with Gasteiger partial charge in [-0.05, 0) is 39.0 Å². The topological polar surface area (TPSA) is 84.5 Å². The number of carbonyl (C=O) groups excluding carboxylic acids is 2. The van der Waals surface area contributed by atoms with E-state index in [0.29, 0.717) is 43.2 Å². The van der Waals surface area contributed by atoms with E-state index in [4.69, 9.17) is 4.42 Å². The highest BCUT2D eigenvalue weighted by molar-refractivity contribution is 5.98. The van der Waals surface area contributed by atoms with Crippen molar-refractivity contribution in [2.24, 2.45) is 0 Å². The molecule has 4 rings (SSSR count). The number of furan rings is 1. The summed E-state index contributed by atoms with van der Waals surface area (Å²) in [5.41, 5.74) is 2.06. The van der Waals surface area contributed by atoms with Crippen LogP contribution in [-0.4, -0.2) is 62.6 Å². The second kappa shape index (κ2) is 7.10. The second-order valence-electron chi connectivity index (χ2n) is 7.28. The summed E-state index contributed by atoms with van der Waals surface area (Å²) in [4.78, 5) is 33.5. The van der Waals surface area contributed by atoms with Gasteiger partial charge in [0.25, 0.3) is 11.8 Å². The van der Waals surface area contributed by atoms with E-state index < -0.39 is 0 Å². The summed E-state index contributed by atoms with van der Waals surface area (Å²) in [6.07, 6.45) is 3.23. The van der Waals surface area contributed by atoms with Crippen LogP contribution >= 0.6 is 0 Å². The molecule has 146 valence electrons. The summed E-state index contributed by atoms with van der Waals surface area (Å²) in [5.74, 6) is 0.124. The standard InChI is InChI=1S/C20H23N5O3/c1-13(2)25-18-15(12-21-25)11-16(14(3)22-18)19(26)23-6-8-24(9-7-23)20(27)17-5-4-10-28-17/h4-5,10-13H,6-9H2,1-3H3. The molecule has 0 spiro atoms. The van der Waals surface area contributed by atoms with Crippen LogP contribution in [0.25, 0.3) is 11.0 Å². The molecular formula is C20H23N5O3. The molecule has 3 aromatic heterocycles. The molecule has 1 aliphatic heterocycles. The Labute approximate surface area is 162 Å². The number of fused-ring (bicyclic) bond motifs is 1. The maximum Gasteiger partial charge on any atom is 0.289 e. The maximum absolute atomic E-state index is 13.0. The largest absolute Gasteiger partial charge is 0.459 e. The molecule has 8 nitrogen and oxygen atoms in total. The van der Waals surface area contributed by atoms with Crippen LogP contribution in [0.2, 0.25) is 0 Å². The molecule has 1 aliphatic rings. The fourth-order valence-electron chi connectivity index (χ4n) is 3.50. The molecule has 2 amide bonds. The Bertz CT molecular complexity index is 1010. The molecule has 4 heterocycles. The van der Waals surface area contributed by atoms with E-state index in [2.05, 4.69) is 10.1 Å². The van der Waals surface area contributed by atoms with Crippen LogP contribution in [0.1, 0.15) is 46.5 Å². The summed E-state index contributed by atoms with van der Waals surface area (Å²) in [6.45, 7) is 7.86. The molecular weight excluding hydrogens is 358 g/mol. The highest BCUT2D eigenvalue weighted by atomic mass is 16.3. The maximum atomic E-state index is 13.0. The van der Waals surface area contributed by atoms with Crippen molar-refractivity contribution in [2.45, 2.75) is 26.8 Å². The van der Waals surface area contributed by atoms with E-state index >= 15 is 0 Å². The lowest BCUT2D eigenvalue weighted by atomic mass is 10.1. The van der Waals surface area contributed by atoms with Crippen molar-refractivity contribution in [1.82, 2.24) is 24.6 Å². The highest BCUT2D eigenvalue weighted by Gasteiger charge is 2.28. The second-order valence-corrected chi connectivity index (χ2v) is 7.28. The van der Waals surface area contributed by atoms with Gasteiger partial charge in [-0.1, -0.05) is 0 Å². The van der Waals surface area contributed by atoms with Gasteiger partial charge in [-0.3, -0.25) is 9.59 Å². The Morgan fingerprint density at radius 2 is 1.79 bits per heavy atom. The van der Waals surface area contributed by atoms with Gasteiger partial charge in [0.1, 0.15) is 0 Å². The quantitative estimate of drug-likeness (QED) is 0.696. The van der Waals surface area contributed by atoms with Crippen LogP contribution in [0.15, 0.2) is 35.1 Å². The predicted octanol–water partition coefficient (Wildman–Crippen LogP) is 2.51. The number of amides is 2. The molecule has 0 atom stereocenters. The first-order valence-electron chi connectivity index (χ1n) is 9.42. The molecule has 0 unspecified atom stereocenters. The van der Waals surface area contributed by atoms with Crippen molar-refractivity contribution < 1.29 is 14.0 Å². The van der Waals surface area contributed by atoms with E-state index in [1.807, 2.05) is 31.5 Å². The van der Waals surface area contributed by atoms with Crippen LogP contribution < -0.4 is 0 Å². The van der Waals surface area contributed by atoms with Crippen molar-refractivity contribution in [2.75, 3.05) is 26.2 Å². The number of aryl methyl sites for hydroxylation is 1. The number of hydrogen-bond donors (Lipinski definition) is 0. The number of pyridine rings is 1. The average molecular weight is 381 g/mol. The first-order chi connectivity index (χ1) is 13.5. The molecule has 0 saturated carbocycles. The Morgan fingerprint density at radius 1 is 1.11 bits per heavy atom. The minimum atomic E-state index is -0.141. The van der Waals surface area contributed by atoms with E-state index in [1.165, 1.54) is 6.26 Å². The van der Waals surface area contributed by atoms with E-state index in [0.717, 1.165) is 11.0 Å². The van der Waals surface area contributed by atoms with Crippen LogP contribution in [-0.2, 0) is 0 Å². The Kier molecular flexibility index (Phi) is 4.62. The van der Waals surface area contributed by atoms with Gasteiger partial charge in [-0.15, -0.1) is 0 Å². The first kappa shape index (κ1) is 18.2. The van der Waals surface area contributed by atoms with Crippen molar-refractivity contribution >= 4 is 22.8 Å². The van der Waals surface area contributed by atoms with Crippen LogP contribution in [0.5, 0.6) is 0 Å². The molecule has 3 aromatic rings. The highest BCUT2D eigenvalue weighted by Crippen LogP contribution is 2.21. The number of carbonyl (C=O) groups is 2. The molecule has 0 bridgehead atoms. The SMILES string of the molecule is Cc1nc2c(cnn2C(C)C)cc1C(=O)N1CCN(C(=O)c2ccco2)CC1. The monoisotopic (exact) mass is 381 g/mol. The molecule has 28 heavy (non-hydrogen) atoms. The predicted molar refractivity (Wildman–Crippen MR) is 103 cm³/mol. The van der Waals surface area contributed by atoms with Gasteiger partial charge < -0.3 is 14.2 Å². The molecule has 0 radical (unpaired) electrons.